The molecule has 0 amide bonds. The molecule has 11 heteroatoms. The Balaban J connectivity index is 2.22. The summed E-state index contributed by atoms with van der Waals surface area (Å²) in [6.45, 7) is 17.4. The summed E-state index contributed by atoms with van der Waals surface area (Å²) in [5, 5.41) is 0. The summed E-state index contributed by atoms with van der Waals surface area (Å²) in [5.41, 5.74) is 8.26. The van der Waals surface area contributed by atoms with Crippen LogP contribution >= 0.6 is 0 Å². The lowest BCUT2D eigenvalue weighted by Crippen LogP contribution is -2.35. The van der Waals surface area contributed by atoms with Crippen LogP contribution in [0.1, 0.15) is 406 Å². The van der Waals surface area contributed by atoms with Crippen molar-refractivity contribution >= 4 is 11.9 Å². The fraction of sp³-hybridized carbons (Fsp3) is 0.837. The molecule has 0 heterocycles. The Morgan fingerprint density at radius 2 is 0.464 bits per heavy atom. The molecule has 2 N–H and O–H groups in total. The van der Waals surface area contributed by atoms with Gasteiger partial charge in [-0.3, -0.25) is 9.59 Å². The van der Waals surface area contributed by atoms with E-state index in [2.05, 4.69) is 41.5 Å². The molecule has 0 spiro atoms. The van der Waals surface area contributed by atoms with Gasteiger partial charge in [0.25, 0.3) is 0 Å². The number of esters is 2. The molecule has 1 atom stereocenters. The fourth-order valence-corrected chi connectivity index (χ4v) is 12.8. The first-order valence-electron chi connectivity index (χ1n) is 42.0. The van der Waals surface area contributed by atoms with E-state index in [0.29, 0.717) is 87.0 Å². The van der Waals surface area contributed by atoms with Gasteiger partial charge in [-0.15, -0.1) is 0 Å². The van der Waals surface area contributed by atoms with Crippen molar-refractivity contribution in [2.45, 2.75) is 414 Å². The topological polar surface area (TPSA) is 134 Å². The zero-order chi connectivity index (χ0) is 69.8. The SMILES string of the molecule is CCCCCCCCCCCOc1cc(CCOC(=O)C[C@H](N)C(=O)OCCc2cc(OCCCCCCCCCCC)c(OCCCCCCCCCCC)c(OCCCCCCCCCCC)c2)cc(OCCCCCCCCCCC)c1OCCCCCCCCCCC. The molecule has 564 valence electrons. The number of hydrogen-bond donors (Lipinski definition) is 1. The van der Waals surface area contributed by atoms with E-state index in [0.717, 1.165) is 88.2 Å². The molecule has 0 saturated heterocycles. The standard InChI is InChI=1S/C86H155NO10/c1-7-13-19-25-31-37-43-49-55-63-90-79-71-76(72-80(91-64-56-50-44-38-32-26-20-14-8-2)84(79)95-67-59-53-47-41-35-29-23-17-11-5)61-69-94-83(88)75-78(87)86(89)97-70-62-77-73-81(92-65-57-51-45-39-33-27-21-15-9-3)85(96-68-60-54-48-42-36-30-24-18-12-6)82(74-77)93-66-58-52-46-40-34-28-22-16-10-4/h71-74,78H,7-70,75,87H2,1-6H3/t78-/m0/s1. The van der Waals surface area contributed by atoms with Crippen molar-refractivity contribution in [3.05, 3.63) is 35.4 Å². The molecule has 0 aliphatic carbocycles. The highest BCUT2D eigenvalue weighted by molar-refractivity contribution is 5.82. The lowest BCUT2D eigenvalue weighted by atomic mass is 10.1. The van der Waals surface area contributed by atoms with Gasteiger partial charge in [0.1, 0.15) is 6.04 Å². The van der Waals surface area contributed by atoms with E-state index in [9.17, 15) is 9.59 Å². The number of unbranched alkanes of at least 4 members (excludes halogenated alkanes) is 48. The maximum absolute atomic E-state index is 13.5. The number of rotatable bonds is 75. The van der Waals surface area contributed by atoms with Crippen molar-refractivity contribution < 1.29 is 47.5 Å². The number of hydrogen-bond acceptors (Lipinski definition) is 11. The van der Waals surface area contributed by atoms with E-state index in [1.807, 2.05) is 24.3 Å². The number of carbonyl (C=O) groups excluding carboxylic acids is 2. The normalized spacial score (nSPS) is 11.7. The van der Waals surface area contributed by atoms with Crippen molar-refractivity contribution in [1.29, 1.82) is 0 Å². The van der Waals surface area contributed by atoms with E-state index in [4.69, 9.17) is 43.6 Å². The zero-order valence-corrected chi connectivity index (χ0v) is 64.5. The molecule has 97 heavy (non-hydrogen) atoms. The first-order valence-corrected chi connectivity index (χ1v) is 42.0. The number of benzene rings is 2. The minimum atomic E-state index is -1.17. The highest BCUT2D eigenvalue weighted by atomic mass is 16.6. The summed E-state index contributed by atoms with van der Waals surface area (Å²) < 4.78 is 51.4. The van der Waals surface area contributed by atoms with Gasteiger partial charge in [-0.25, -0.2) is 0 Å². The fourth-order valence-electron chi connectivity index (χ4n) is 12.8. The maximum Gasteiger partial charge on any atom is 0.323 e. The lowest BCUT2D eigenvalue weighted by molar-refractivity contribution is -0.151. The Bertz CT molecular complexity index is 1970. The van der Waals surface area contributed by atoms with E-state index in [1.54, 1.807) is 0 Å². The highest BCUT2D eigenvalue weighted by Gasteiger charge is 2.23. The van der Waals surface area contributed by atoms with Gasteiger partial charge in [-0.1, -0.05) is 350 Å². The smallest absolute Gasteiger partial charge is 0.323 e. The summed E-state index contributed by atoms with van der Waals surface area (Å²) in [4.78, 5) is 26.9. The molecular formula is C86H155NO10. The second-order valence-electron chi connectivity index (χ2n) is 28.6. The molecule has 0 fully saturated rings. The molecular weight excluding hydrogens is 1210 g/mol. The second kappa shape index (κ2) is 67.9. The van der Waals surface area contributed by atoms with Crippen molar-refractivity contribution in [3.8, 4) is 34.5 Å². The third kappa shape index (κ3) is 51.9. The van der Waals surface area contributed by atoms with Gasteiger partial charge < -0.3 is 43.6 Å². The van der Waals surface area contributed by atoms with Crippen LogP contribution in [-0.4, -0.2) is 70.8 Å². The molecule has 0 aliphatic rings. The van der Waals surface area contributed by atoms with Crippen LogP contribution in [0.3, 0.4) is 0 Å². The van der Waals surface area contributed by atoms with Crippen LogP contribution in [0.25, 0.3) is 0 Å². The van der Waals surface area contributed by atoms with Gasteiger partial charge in [0.2, 0.25) is 11.5 Å². The molecule has 0 saturated carbocycles. The van der Waals surface area contributed by atoms with Crippen LogP contribution < -0.4 is 34.2 Å². The zero-order valence-electron chi connectivity index (χ0n) is 64.5. The average molecular weight is 1360 g/mol. The summed E-state index contributed by atoms with van der Waals surface area (Å²) in [6, 6.07) is 6.99. The molecule has 2 rings (SSSR count). The predicted molar refractivity (Wildman–Crippen MR) is 411 cm³/mol. The molecule has 0 radical (unpaired) electrons. The lowest BCUT2D eigenvalue weighted by Gasteiger charge is -2.19. The Hall–Kier alpha value is -3.86. The van der Waals surface area contributed by atoms with Crippen LogP contribution in [0.2, 0.25) is 0 Å². The highest BCUT2D eigenvalue weighted by Crippen LogP contribution is 2.42. The summed E-state index contributed by atoms with van der Waals surface area (Å²) in [5.74, 6) is 2.92. The monoisotopic (exact) mass is 1360 g/mol. The Morgan fingerprint density at radius 1 is 0.268 bits per heavy atom. The quantitative estimate of drug-likeness (QED) is 0.0501. The number of ether oxygens (including phenoxy) is 8. The van der Waals surface area contributed by atoms with Crippen molar-refractivity contribution in [1.82, 2.24) is 0 Å². The molecule has 0 unspecified atom stereocenters. The Kier molecular flexibility index (Phi) is 62.5. The summed E-state index contributed by atoms with van der Waals surface area (Å²) in [7, 11) is 0. The van der Waals surface area contributed by atoms with E-state index >= 15 is 0 Å². The van der Waals surface area contributed by atoms with Crippen molar-refractivity contribution in [3.63, 3.8) is 0 Å². The second-order valence-corrected chi connectivity index (χ2v) is 28.6. The van der Waals surface area contributed by atoms with Crippen LogP contribution in [-0.2, 0) is 31.9 Å². The molecule has 0 bridgehead atoms. The van der Waals surface area contributed by atoms with Crippen LogP contribution in [0.15, 0.2) is 24.3 Å². The van der Waals surface area contributed by atoms with E-state index in [-0.39, 0.29) is 19.6 Å². The minimum Gasteiger partial charge on any atom is -0.490 e. The first kappa shape index (κ1) is 89.2. The van der Waals surface area contributed by atoms with E-state index < -0.39 is 18.0 Å². The maximum atomic E-state index is 13.5. The van der Waals surface area contributed by atoms with Crippen LogP contribution in [0.4, 0.5) is 0 Å². The van der Waals surface area contributed by atoms with Crippen molar-refractivity contribution in [2.75, 3.05) is 52.9 Å². The number of nitrogens with two attached hydrogens (primary N) is 1. The summed E-state index contributed by atoms with van der Waals surface area (Å²) >= 11 is 0. The molecule has 0 aromatic heterocycles. The molecule has 0 aliphatic heterocycles. The molecule has 11 nitrogen and oxygen atoms in total. The third-order valence-corrected chi connectivity index (χ3v) is 19.1. The number of carbonyl (C=O) groups is 2. The van der Waals surface area contributed by atoms with E-state index in [1.165, 1.54) is 270 Å². The average Bonchev–Trinajstić information content (AvgIpc) is 0.871. The van der Waals surface area contributed by atoms with Crippen LogP contribution in [0, 0.1) is 0 Å². The van der Waals surface area contributed by atoms with Crippen LogP contribution in [0.5, 0.6) is 34.5 Å². The first-order chi connectivity index (χ1) is 47.8. The van der Waals surface area contributed by atoms with Gasteiger partial charge in [-0.05, 0) is 73.9 Å². The van der Waals surface area contributed by atoms with Gasteiger partial charge in [0, 0.05) is 12.8 Å². The Morgan fingerprint density at radius 3 is 0.691 bits per heavy atom. The van der Waals surface area contributed by atoms with Gasteiger partial charge in [0.05, 0.1) is 59.3 Å². The Labute approximate surface area is 598 Å². The summed E-state index contributed by atoms with van der Waals surface area (Å²) in [6.07, 6.45) is 67.6. The van der Waals surface area contributed by atoms with Gasteiger partial charge >= 0.3 is 11.9 Å². The third-order valence-electron chi connectivity index (χ3n) is 19.1. The van der Waals surface area contributed by atoms with Gasteiger partial charge in [0.15, 0.2) is 23.0 Å². The predicted octanol–water partition coefficient (Wildman–Crippen LogP) is 25.7. The largest absolute Gasteiger partial charge is 0.490 e. The van der Waals surface area contributed by atoms with Crippen molar-refractivity contribution in [2.24, 2.45) is 5.73 Å². The molecule has 2 aromatic carbocycles. The van der Waals surface area contributed by atoms with Gasteiger partial charge in [-0.2, -0.15) is 0 Å². The molecule has 2 aromatic rings. The minimum absolute atomic E-state index is 0.0849.